The van der Waals surface area contributed by atoms with Crippen LogP contribution >= 0.6 is 0 Å². The van der Waals surface area contributed by atoms with Crippen LogP contribution in [0.3, 0.4) is 0 Å². The highest BCUT2D eigenvalue weighted by molar-refractivity contribution is 5.69. The Morgan fingerprint density at radius 2 is 2.16 bits per heavy atom. The SMILES string of the molecule is Cc1ccccc1C[C@H]1CCN(CC(=O)O)C[C@@H]1O. The second kappa shape index (κ2) is 6.17. The highest BCUT2D eigenvalue weighted by Gasteiger charge is 2.28. The molecule has 0 saturated carbocycles. The third-order valence-corrected chi connectivity index (χ3v) is 3.91. The van der Waals surface area contributed by atoms with Crippen LogP contribution in [0, 0.1) is 12.8 Å². The van der Waals surface area contributed by atoms with Crippen molar-refractivity contribution in [2.45, 2.75) is 25.9 Å². The number of hydrogen-bond acceptors (Lipinski definition) is 3. The topological polar surface area (TPSA) is 60.8 Å². The smallest absolute Gasteiger partial charge is 0.317 e. The molecular weight excluding hydrogens is 242 g/mol. The van der Waals surface area contributed by atoms with E-state index < -0.39 is 12.1 Å². The van der Waals surface area contributed by atoms with Gasteiger partial charge in [-0.2, -0.15) is 0 Å². The summed E-state index contributed by atoms with van der Waals surface area (Å²) in [5.41, 5.74) is 2.53. The molecule has 104 valence electrons. The van der Waals surface area contributed by atoms with Gasteiger partial charge in [0, 0.05) is 6.54 Å². The van der Waals surface area contributed by atoms with Crippen molar-refractivity contribution in [3.8, 4) is 0 Å². The van der Waals surface area contributed by atoms with E-state index in [1.807, 2.05) is 12.1 Å². The summed E-state index contributed by atoms with van der Waals surface area (Å²) in [6, 6.07) is 8.23. The van der Waals surface area contributed by atoms with Gasteiger partial charge in [-0.05, 0) is 43.4 Å². The largest absolute Gasteiger partial charge is 0.480 e. The van der Waals surface area contributed by atoms with Crippen LogP contribution in [0.2, 0.25) is 0 Å². The Balaban J connectivity index is 1.93. The fourth-order valence-corrected chi connectivity index (χ4v) is 2.74. The summed E-state index contributed by atoms with van der Waals surface area (Å²) in [6.45, 7) is 3.32. The maximum Gasteiger partial charge on any atom is 0.317 e. The average molecular weight is 263 g/mol. The highest BCUT2D eigenvalue weighted by Crippen LogP contribution is 2.23. The number of hydrogen-bond donors (Lipinski definition) is 2. The number of nitrogens with zero attached hydrogens (tertiary/aromatic N) is 1. The Morgan fingerprint density at radius 1 is 1.42 bits per heavy atom. The number of aliphatic hydroxyl groups excluding tert-OH is 1. The zero-order valence-electron chi connectivity index (χ0n) is 11.2. The lowest BCUT2D eigenvalue weighted by Crippen LogP contribution is -2.46. The molecule has 1 saturated heterocycles. The van der Waals surface area contributed by atoms with Crippen LogP contribution in [0.15, 0.2) is 24.3 Å². The molecule has 1 aromatic rings. The lowest BCUT2D eigenvalue weighted by atomic mass is 9.86. The minimum absolute atomic E-state index is 0.0220. The second-order valence-electron chi connectivity index (χ2n) is 5.38. The van der Waals surface area contributed by atoms with Crippen molar-refractivity contribution in [1.29, 1.82) is 0 Å². The first-order valence-corrected chi connectivity index (χ1v) is 6.73. The van der Waals surface area contributed by atoms with E-state index in [0.717, 1.165) is 19.4 Å². The van der Waals surface area contributed by atoms with Crippen LogP contribution in [0.4, 0.5) is 0 Å². The molecule has 0 bridgehead atoms. The van der Waals surface area contributed by atoms with Crippen LogP contribution in [0.5, 0.6) is 0 Å². The lowest BCUT2D eigenvalue weighted by molar-refractivity contribution is -0.139. The first-order chi connectivity index (χ1) is 9.06. The van der Waals surface area contributed by atoms with Gasteiger partial charge in [0.25, 0.3) is 0 Å². The summed E-state index contributed by atoms with van der Waals surface area (Å²) >= 11 is 0. The molecule has 1 aliphatic rings. The molecular formula is C15H21NO3. The first-order valence-electron chi connectivity index (χ1n) is 6.73. The fraction of sp³-hybridized carbons (Fsp3) is 0.533. The molecule has 1 aliphatic heterocycles. The molecule has 0 aromatic heterocycles. The molecule has 1 heterocycles. The number of carboxylic acid groups (broad SMARTS) is 1. The zero-order chi connectivity index (χ0) is 13.8. The summed E-state index contributed by atoms with van der Waals surface area (Å²) in [5, 5.41) is 18.9. The van der Waals surface area contributed by atoms with E-state index in [0.29, 0.717) is 6.54 Å². The molecule has 4 heteroatoms. The van der Waals surface area contributed by atoms with Gasteiger partial charge in [0.15, 0.2) is 0 Å². The summed E-state index contributed by atoms with van der Waals surface area (Å²) < 4.78 is 0. The molecule has 2 atom stereocenters. The van der Waals surface area contributed by atoms with E-state index in [1.165, 1.54) is 11.1 Å². The zero-order valence-corrected chi connectivity index (χ0v) is 11.2. The summed E-state index contributed by atoms with van der Waals surface area (Å²) in [6.07, 6.45) is 1.28. The molecule has 1 aromatic carbocycles. The number of aliphatic hydroxyl groups is 1. The Kier molecular flexibility index (Phi) is 4.56. The maximum atomic E-state index is 10.7. The van der Waals surface area contributed by atoms with Crippen LogP contribution in [-0.4, -0.2) is 46.8 Å². The van der Waals surface area contributed by atoms with Crippen LogP contribution in [-0.2, 0) is 11.2 Å². The van der Waals surface area contributed by atoms with Crippen LogP contribution < -0.4 is 0 Å². The fourth-order valence-electron chi connectivity index (χ4n) is 2.74. The second-order valence-corrected chi connectivity index (χ2v) is 5.38. The van der Waals surface area contributed by atoms with Crippen molar-refractivity contribution in [3.63, 3.8) is 0 Å². The Labute approximate surface area is 113 Å². The van der Waals surface area contributed by atoms with Crippen molar-refractivity contribution in [1.82, 2.24) is 4.90 Å². The van der Waals surface area contributed by atoms with Gasteiger partial charge in [-0.25, -0.2) is 0 Å². The Morgan fingerprint density at radius 3 is 2.79 bits per heavy atom. The van der Waals surface area contributed by atoms with Crippen LogP contribution in [0.25, 0.3) is 0 Å². The number of likely N-dealkylation sites (tertiary alicyclic amines) is 1. The van der Waals surface area contributed by atoms with Gasteiger partial charge in [0.2, 0.25) is 0 Å². The van der Waals surface area contributed by atoms with E-state index in [2.05, 4.69) is 19.1 Å². The first kappa shape index (κ1) is 14.0. The van der Waals surface area contributed by atoms with Gasteiger partial charge < -0.3 is 10.2 Å². The van der Waals surface area contributed by atoms with Crippen molar-refractivity contribution in [2.24, 2.45) is 5.92 Å². The number of rotatable bonds is 4. The number of aliphatic carboxylic acids is 1. The predicted molar refractivity (Wildman–Crippen MR) is 73.1 cm³/mol. The minimum atomic E-state index is -0.829. The molecule has 1 fully saturated rings. The van der Waals surface area contributed by atoms with Gasteiger partial charge in [0.05, 0.1) is 12.6 Å². The standard InChI is InChI=1S/C15H21NO3/c1-11-4-2-3-5-12(11)8-13-6-7-16(9-14(13)17)10-15(18)19/h2-5,13-14,17H,6-10H2,1H3,(H,18,19)/t13-,14+/m1/s1. The molecule has 0 aliphatic carbocycles. The normalized spacial score (nSPS) is 24.3. The van der Waals surface area contributed by atoms with Crippen molar-refractivity contribution >= 4 is 5.97 Å². The average Bonchev–Trinajstić information content (AvgIpc) is 2.34. The molecule has 2 N–H and O–H groups in total. The van der Waals surface area contributed by atoms with E-state index >= 15 is 0 Å². The summed E-state index contributed by atoms with van der Waals surface area (Å²) in [5.74, 6) is -0.601. The number of benzene rings is 1. The van der Waals surface area contributed by atoms with E-state index in [1.54, 1.807) is 4.90 Å². The van der Waals surface area contributed by atoms with E-state index in [4.69, 9.17) is 5.11 Å². The van der Waals surface area contributed by atoms with Crippen molar-refractivity contribution in [3.05, 3.63) is 35.4 Å². The third kappa shape index (κ3) is 3.78. The Bertz CT molecular complexity index is 447. The van der Waals surface area contributed by atoms with Gasteiger partial charge in [-0.1, -0.05) is 24.3 Å². The molecule has 19 heavy (non-hydrogen) atoms. The summed E-state index contributed by atoms with van der Waals surface area (Å²) in [7, 11) is 0. The minimum Gasteiger partial charge on any atom is -0.480 e. The van der Waals surface area contributed by atoms with Gasteiger partial charge in [0.1, 0.15) is 0 Å². The van der Waals surface area contributed by atoms with Crippen molar-refractivity contribution < 1.29 is 15.0 Å². The molecule has 2 rings (SSSR count). The van der Waals surface area contributed by atoms with E-state index in [-0.39, 0.29) is 12.5 Å². The highest BCUT2D eigenvalue weighted by atomic mass is 16.4. The number of β-amino-alcohol motifs (C(OH)–C–C–N with tert-alkyl or cyclic N) is 1. The molecule has 0 spiro atoms. The lowest BCUT2D eigenvalue weighted by Gasteiger charge is -2.35. The quantitative estimate of drug-likeness (QED) is 0.859. The van der Waals surface area contributed by atoms with Gasteiger partial charge >= 0.3 is 5.97 Å². The van der Waals surface area contributed by atoms with Gasteiger partial charge in [-0.3, -0.25) is 9.69 Å². The molecule has 0 amide bonds. The number of piperidine rings is 1. The monoisotopic (exact) mass is 263 g/mol. The number of carboxylic acids is 1. The van der Waals surface area contributed by atoms with Crippen molar-refractivity contribution in [2.75, 3.05) is 19.6 Å². The maximum absolute atomic E-state index is 10.7. The number of carbonyl (C=O) groups is 1. The molecule has 0 radical (unpaired) electrons. The Hall–Kier alpha value is -1.39. The molecule has 4 nitrogen and oxygen atoms in total. The molecule has 0 unspecified atom stereocenters. The summed E-state index contributed by atoms with van der Waals surface area (Å²) in [4.78, 5) is 12.5. The third-order valence-electron chi connectivity index (χ3n) is 3.91. The predicted octanol–water partition coefficient (Wildman–Crippen LogP) is 1.30. The van der Waals surface area contributed by atoms with Crippen LogP contribution in [0.1, 0.15) is 17.5 Å². The van der Waals surface area contributed by atoms with E-state index in [9.17, 15) is 9.90 Å². The number of aryl methyl sites for hydroxylation is 1. The van der Waals surface area contributed by atoms with Gasteiger partial charge in [-0.15, -0.1) is 0 Å².